The number of benzene rings is 1. The van der Waals surface area contributed by atoms with Gasteiger partial charge in [0, 0.05) is 10.6 Å². The van der Waals surface area contributed by atoms with Gasteiger partial charge in [0.2, 0.25) is 5.91 Å². The average molecular weight is 238 g/mol. The minimum Gasteiger partial charge on any atom is -0.453 e. The predicted molar refractivity (Wildman–Crippen MR) is 61.8 cm³/mol. The Hall–Kier alpha value is -1.69. The van der Waals surface area contributed by atoms with E-state index in [1.807, 2.05) is 6.07 Å². The van der Waals surface area contributed by atoms with Gasteiger partial charge in [0.25, 0.3) is 0 Å². The number of hydrogen-bond acceptors (Lipinski definition) is 4. The Morgan fingerprint density at radius 2 is 2.38 bits per heavy atom. The van der Waals surface area contributed by atoms with Crippen LogP contribution in [0, 0.1) is 0 Å². The normalized spacial score (nSPS) is 13.7. The highest BCUT2D eigenvalue weighted by Gasteiger charge is 2.15. The van der Waals surface area contributed by atoms with Crippen molar-refractivity contribution in [1.29, 1.82) is 0 Å². The van der Waals surface area contributed by atoms with Gasteiger partial charge in [0.1, 0.15) is 0 Å². The second kappa shape index (κ2) is 4.44. The lowest BCUT2D eigenvalue weighted by Gasteiger charge is -2.17. The van der Waals surface area contributed by atoms with Gasteiger partial charge in [-0.1, -0.05) is 0 Å². The third-order valence-electron chi connectivity index (χ3n) is 2.04. The van der Waals surface area contributed by atoms with Gasteiger partial charge in [-0.15, -0.1) is 11.8 Å². The minimum atomic E-state index is -0.533. The van der Waals surface area contributed by atoms with Crippen molar-refractivity contribution in [3.63, 3.8) is 0 Å². The van der Waals surface area contributed by atoms with Crippen LogP contribution in [0.5, 0.6) is 0 Å². The summed E-state index contributed by atoms with van der Waals surface area (Å²) in [5, 5.41) is 5.27. The molecule has 0 fully saturated rings. The molecule has 84 valence electrons. The number of hydrogen-bond donors (Lipinski definition) is 2. The first-order chi connectivity index (χ1) is 7.69. The van der Waals surface area contributed by atoms with Crippen molar-refractivity contribution in [2.45, 2.75) is 4.90 Å². The molecule has 5 nitrogen and oxygen atoms in total. The van der Waals surface area contributed by atoms with E-state index in [9.17, 15) is 9.59 Å². The molecule has 2 amide bonds. The van der Waals surface area contributed by atoms with E-state index in [2.05, 4.69) is 15.4 Å². The van der Waals surface area contributed by atoms with Crippen LogP contribution in [0.15, 0.2) is 23.1 Å². The van der Waals surface area contributed by atoms with Gasteiger partial charge in [-0.3, -0.25) is 10.1 Å². The van der Waals surface area contributed by atoms with Crippen LogP contribution in [0.4, 0.5) is 16.2 Å². The van der Waals surface area contributed by atoms with Gasteiger partial charge in [-0.25, -0.2) is 4.79 Å². The maximum absolute atomic E-state index is 11.2. The van der Waals surface area contributed by atoms with Crippen LogP contribution in [0.2, 0.25) is 0 Å². The Bertz CT molecular complexity index is 448. The average Bonchev–Trinajstić information content (AvgIpc) is 2.28. The van der Waals surface area contributed by atoms with Crippen LogP contribution in [-0.4, -0.2) is 24.9 Å². The number of amides is 2. The van der Waals surface area contributed by atoms with Crippen LogP contribution in [0.25, 0.3) is 0 Å². The van der Waals surface area contributed by atoms with Crippen LogP contribution >= 0.6 is 11.8 Å². The summed E-state index contributed by atoms with van der Waals surface area (Å²) in [6.07, 6.45) is -0.533. The van der Waals surface area contributed by atoms with E-state index in [0.29, 0.717) is 11.4 Å². The van der Waals surface area contributed by atoms with Crippen LogP contribution in [-0.2, 0) is 9.53 Å². The van der Waals surface area contributed by atoms with Crippen molar-refractivity contribution in [2.75, 3.05) is 23.5 Å². The molecule has 0 radical (unpaired) electrons. The van der Waals surface area contributed by atoms with Gasteiger partial charge >= 0.3 is 6.09 Å². The Morgan fingerprint density at radius 1 is 1.56 bits per heavy atom. The van der Waals surface area contributed by atoms with Gasteiger partial charge in [0.15, 0.2) is 0 Å². The zero-order valence-electron chi connectivity index (χ0n) is 8.57. The van der Waals surface area contributed by atoms with Crippen molar-refractivity contribution in [2.24, 2.45) is 0 Å². The van der Waals surface area contributed by atoms with Gasteiger partial charge in [-0.2, -0.15) is 0 Å². The molecule has 0 saturated heterocycles. The van der Waals surface area contributed by atoms with E-state index in [4.69, 9.17) is 0 Å². The van der Waals surface area contributed by atoms with Gasteiger partial charge in [-0.05, 0) is 18.2 Å². The zero-order chi connectivity index (χ0) is 11.5. The van der Waals surface area contributed by atoms with Crippen molar-refractivity contribution in [1.82, 2.24) is 0 Å². The van der Waals surface area contributed by atoms with E-state index in [1.54, 1.807) is 12.1 Å². The molecule has 2 N–H and O–H groups in total. The monoisotopic (exact) mass is 238 g/mol. The summed E-state index contributed by atoms with van der Waals surface area (Å²) in [5.41, 5.74) is 1.31. The van der Waals surface area contributed by atoms with Crippen molar-refractivity contribution in [3.05, 3.63) is 18.2 Å². The number of anilines is 2. The fraction of sp³-hybridized carbons (Fsp3) is 0.200. The molecule has 1 aliphatic rings. The zero-order valence-corrected chi connectivity index (χ0v) is 9.39. The summed E-state index contributed by atoms with van der Waals surface area (Å²) in [6, 6.07) is 5.32. The highest BCUT2D eigenvalue weighted by molar-refractivity contribution is 8.00. The fourth-order valence-corrected chi connectivity index (χ4v) is 2.12. The van der Waals surface area contributed by atoms with Crippen LogP contribution < -0.4 is 10.6 Å². The molecular weight excluding hydrogens is 228 g/mol. The molecular formula is C10H10N2O3S. The summed E-state index contributed by atoms with van der Waals surface area (Å²) in [7, 11) is 1.30. The summed E-state index contributed by atoms with van der Waals surface area (Å²) < 4.78 is 4.48. The smallest absolute Gasteiger partial charge is 0.411 e. The first-order valence-electron chi connectivity index (χ1n) is 4.61. The Kier molecular flexibility index (Phi) is 3.00. The van der Waals surface area contributed by atoms with E-state index in [1.165, 1.54) is 18.9 Å². The second-order valence-corrected chi connectivity index (χ2v) is 4.18. The number of fused-ring (bicyclic) bond motifs is 1. The largest absolute Gasteiger partial charge is 0.453 e. The molecule has 0 unspecified atom stereocenters. The summed E-state index contributed by atoms with van der Waals surface area (Å²) in [6.45, 7) is 0. The molecule has 16 heavy (non-hydrogen) atoms. The predicted octanol–water partition coefficient (Wildman–Crippen LogP) is 1.91. The number of nitrogens with one attached hydrogen (secondary N) is 2. The first kappa shape index (κ1) is 10.8. The molecule has 1 aromatic rings. The third kappa shape index (κ3) is 2.27. The van der Waals surface area contributed by atoms with Crippen molar-refractivity contribution in [3.8, 4) is 0 Å². The van der Waals surface area contributed by atoms with Crippen LogP contribution in [0.3, 0.4) is 0 Å². The van der Waals surface area contributed by atoms with E-state index < -0.39 is 6.09 Å². The lowest BCUT2D eigenvalue weighted by Crippen LogP contribution is -2.19. The van der Waals surface area contributed by atoms with Crippen LogP contribution in [0.1, 0.15) is 0 Å². The molecule has 6 heteroatoms. The molecule has 0 bridgehead atoms. The van der Waals surface area contributed by atoms with E-state index >= 15 is 0 Å². The number of ether oxygens (including phenoxy) is 1. The number of carbonyl (C=O) groups excluding carboxylic acids is 2. The number of rotatable bonds is 1. The molecule has 1 aliphatic heterocycles. The third-order valence-corrected chi connectivity index (χ3v) is 3.12. The van der Waals surface area contributed by atoms with E-state index in [-0.39, 0.29) is 5.91 Å². The Balaban J connectivity index is 2.21. The van der Waals surface area contributed by atoms with Gasteiger partial charge < -0.3 is 10.1 Å². The molecule has 0 aromatic heterocycles. The molecule has 1 heterocycles. The fourth-order valence-electron chi connectivity index (χ4n) is 1.33. The summed E-state index contributed by atoms with van der Waals surface area (Å²) in [5.74, 6) is 0.393. The molecule has 0 spiro atoms. The lowest BCUT2D eigenvalue weighted by molar-refractivity contribution is -0.113. The SMILES string of the molecule is COC(=O)Nc1ccc2c(c1)NC(=O)CS2. The highest BCUT2D eigenvalue weighted by atomic mass is 32.2. The standard InChI is InChI=1S/C10H10N2O3S/c1-15-10(14)11-6-2-3-8-7(4-6)12-9(13)5-16-8/h2-4H,5H2,1H3,(H,11,14)(H,12,13). The highest BCUT2D eigenvalue weighted by Crippen LogP contribution is 2.33. The maximum Gasteiger partial charge on any atom is 0.411 e. The topological polar surface area (TPSA) is 67.4 Å². The van der Waals surface area contributed by atoms with Crippen molar-refractivity contribution >= 4 is 35.1 Å². The first-order valence-corrected chi connectivity index (χ1v) is 5.59. The Morgan fingerprint density at radius 3 is 3.12 bits per heavy atom. The number of carbonyl (C=O) groups is 2. The van der Waals surface area contributed by atoms with Crippen molar-refractivity contribution < 1.29 is 14.3 Å². The maximum atomic E-state index is 11.2. The molecule has 0 aliphatic carbocycles. The summed E-state index contributed by atoms with van der Waals surface area (Å²) >= 11 is 1.47. The number of methoxy groups -OCH3 is 1. The summed E-state index contributed by atoms with van der Waals surface area (Å²) in [4.78, 5) is 23.2. The minimum absolute atomic E-state index is 0.0345. The van der Waals surface area contributed by atoms with E-state index in [0.717, 1.165) is 10.6 Å². The quantitative estimate of drug-likeness (QED) is 0.784. The Labute approximate surface area is 96.5 Å². The molecule has 0 atom stereocenters. The van der Waals surface area contributed by atoms with Gasteiger partial charge in [0.05, 0.1) is 18.6 Å². The molecule has 1 aromatic carbocycles. The number of thioether (sulfide) groups is 1. The lowest BCUT2D eigenvalue weighted by atomic mass is 10.2. The molecule has 2 rings (SSSR count). The molecule has 0 saturated carbocycles. The second-order valence-electron chi connectivity index (χ2n) is 3.16.